The molecule has 3 rings (SSSR count). The van der Waals surface area contributed by atoms with E-state index in [9.17, 15) is 14.9 Å². The zero-order valence-corrected chi connectivity index (χ0v) is 17.1. The summed E-state index contributed by atoms with van der Waals surface area (Å²) in [7, 11) is 0. The van der Waals surface area contributed by atoms with E-state index in [4.69, 9.17) is 20.8 Å². The van der Waals surface area contributed by atoms with Crippen molar-refractivity contribution in [2.24, 2.45) is 0 Å². The Morgan fingerprint density at radius 1 is 1.13 bits per heavy atom. The first-order valence-corrected chi connectivity index (χ1v) is 9.62. The molecule has 0 saturated heterocycles. The van der Waals surface area contributed by atoms with Crippen molar-refractivity contribution >= 4 is 35.2 Å². The van der Waals surface area contributed by atoms with Gasteiger partial charge < -0.3 is 19.8 Å². The standard InChI is InChI=1S/C23H18ClN3O4/c24-18-3-1-4-19(12-18)27-23(29)17(13-25)11-16-6-8-20(9-7-16)31-15-22(28)26-14-21-5-2-10-30-21/h1-12H,14-15H2,(H,26,28)(H,27,29)/b17-11+. The molecule has 7 nitrogen and oxygen atoms in total. The largest absolute Gasteiger partial charge is 0.484 e. The molecule has 156 valence electrons. The summed E-state index contributed by atoms with van der Waals surface area (Å²) in [6.45, 7) is 0.133. The van der Waals surface area contributed by atoms with E-state index in [2.05, 4.69) is 10.6 Å². The Morgan fingerprint density at radius 2 is 1.94 bits per heavy atom. The number of nitriles is 1. The predicted molar refractivity (Wildman–Crippen MR) is 116 cm³/mol. The average Bonchev–Trinajstić information content (AvgIpc) is 3.29. The molecule has 0 atom stereocenters. The van der Waals surface area contributed by atoms with E-state index >= 15 is 0 Å². The van der Waals surface area contributed by atoms with Crippen LogP contribution >= 0.6 is 11.6 Å². The van der Waals surface area contributed by atoms with Crippen LogP contribution in [0.2, 0.25) is 5.02 Å². The van der Waals surface area contributed by atoms with E-state index in [-0.39, 0.29) is 24.6 Å². The van der Waals surface area contributed by atoms with Gasteiger partial charge in [-0.1, -0.05) is 29.8 Å². The molecular weight excluding hydrogens is 418 g/mol. The number of nitrogens with one attached hydrogen (secondary N) is 2. The van der Waals surface area contributed by atoms with Gasteiger partial charge in [-0.15, -0.1) is 0 Å². The molecule has 2 N–H and O–H groups in total. The topological polar surface area (TPSA) is 104 Å². The fourth-order valence-corrected chi connectivity index (χ4v) is 2.73. The number of nitrogens with zero attached hydrogens (tertiary/aromatic N) is 1. The monoisotopic (exact) mass is 435 g/mol. The van der Waals surface area contributed by atoms with E-state index in [0.717, 1.165) is 0 Å². The molecule has 0 fully saturated rings. The zero-order chi connectivity index (χ0) is 22.1. The molecule has 0 radical (unpaired) electrons. The molecular formula is C23H18ClN3O4. The molecule has 2 amide bonds. The summed E-state index contributed by atoms with van der Waals surface area (Å²) in [4.78, 5) is 24.2. The number of hydrogen-bond acceptors (Lipinski definition) is 5. The number of rotatable bonds is 8. The molecule has 31 heavy (non-hydrogen) atoms. The maximum Gasteiger partial charge on any atom is 0.266 e. The van der Waals surface area contributed by atoms with E-state index in [1.165, 1.54) is 12.3 Å². The second kappa shape index (κ2) is 10.7. The van der Waals surface area contributed by atoms with E-state index in [0.29, 0.717) is 27.8 Å². The predicted octanol–water partition coefficient (Wildman–Crippen LogP) is 4.17. The normalized spacial score (nSPS) is 10.8. The Hall–Kier alpha value is -4.02. The molecule has 2 aromatic carbocycles. The van der Waals surface area contributed by atoms with Crippen molar-refractivity contribution < 1.29 is 18.7 Å². The van der Waals surface area contributed by atoms with Gasteiger partial charge in [0.25, 0.3) is 11.8 Å². The van der Waals surface area contributed by atoms with Gasteiger partial charge in [0.05, 0.1) is 12.8 Å². The second-order valence-corrected chi connectivity index (χ2v) is 6.78. The van der Waals surface area contributed by atoms with Gasteiger partial charge in [0, 0.05) is 10.7 Å². The lowest BCUT2D eigenvalue weighted by Gasteiger charge is -2.07. The lowest BCUT2D eigenvalue weighted by molar-refractivity contribution is -0.123. The number of hydrogen-bond donors (Lipinski definition) is 2. The van der Waals surface area contributed by atoms with Crippen molar-refractivity contribution in [2.45, 2.75) is 6.54 Å². The fourth-order valence-electron chi connectivity index (χ4n) is 2.54. The lowest BCUT2D eigenvalue weighted by atomic mass is 10.1. The first-order chi connectivity index (χ1) is 15.0. The van der Waals surface area contributed by atoms with Crippen LogP contribution in [0.4, 0.5) is 5.69 Å². The zero-order valence-electron chi connectivity index (χ0n) is 16.3. The number of amides is 2. The summed E-state index contributed by atoms with van der Waals surface area (Å²) in [6, 6.07) is 18.7. The SMILES string of the molecule is N#C/C(=C\c1ccc(OCC(=O)NCc2ccco2)cc1)C(=O)Nc1cccc(Cl)c1. The molecule has 1 heterocycles. The van der Waals surface area contributed by atoms with Crippen molar-refractivity contribution in [2.75, 3.05) is 11.9 Å². The van der Waals surface area contributed by atoms with Crippen molar-refractivity contribution in [3.63, 3.8) is 0 Å². The van der Waals surface area contributed by atoms with Crippen LogP contribution in [0.25, 0.3) is 6.08 Å². The Labute approximate surface area is 183 Å². The molecule has 0 saturated carbocycles. The Kier molecular flexibility index (Phi) is 7.46. The van der Waals surface area contributed by atoms with Gasteiger partial charge in [-0.05, 0) is 54.1 Å². The van der Waals surface area contributed by atoms with Crippen molar-refractivity contribution in [1.29, 1.82) is 5.26 Å². The van der Waals surface area contributed by atoms with E-state index in [1.807, 2.05) is 6.07 Å². The smallest absolute Gasteiger partial charge is 0.266 e. The minimum Gasteiger partial charge on any atom is -0.484 e. The van der Waals surface area contributed by atoms with Crippen molar-refractivity contribution in [1.82, 2.24) is 5.32 Å². The lowest BCUT2D eigenvalue weighted by Crippen LogP contribution is -2.28. The number of carbonyl (C=O) groups excluding carboxylic acids is 2. The van der Waals surface area contributed by atoms with Gasteiger partial charge >= 0.3 is 0 Å². The highest BCUT2D eigenvalue weighted by Crippen LogP contribution is 2.18. The van der Waals surface area contributed by atoms with Crippen LogP contribution in [0.5, 0.6) is 5.75 Å². The molecule has 8 heteroatoms. The summed E-state index contributed by atoms with van der Waals surface area (Å²) in [5.41, 5.74) is 1.06. The summed E-state index contributed by atoms with van der Waals surface area (Å²) in [5, 5.41) is 15.1. The van der Waals surface area contributed by atoms with Crippen LogP contribution in [0, 0.1) is 11.3 Å². The Bertz CT molecular complexity index is 1120. The van der Waals surface area contributed by atoms with Crippen LogP contribution in [0.1, 0.15) is 11.3 Å². The Balaban J connectivity index is 1.54. The number of benzene rings is 2. The third kappa shape index (κ3) is 6.77. The van der Waals surface area contributed by atoms with Crippen LogP contribution in [0.3, 0.4) is 0 Å². The first kappa shape index (κ1) is 21.7. The summed E-state index contributed by atoms with van der Waals surface area (Å²) < 4.78 is 10.6. The minimum absolute atomic E-state index is 0.0639. The van der Waals surface area contributed by atoms with Gasteiger partial charge in [-0.2, -0.15) is 5.26 Å². The number of ether oxygens (including phenoxy) is 1. The van der Waals surface area contributed by atoms with Crippen LogP contribution < -0.4 is 15.4 Å². The highest BCUT2D eigenvalue weighted by atomic mass is 35.5. The number of anilines is 1. The van der Waals surface area contributed by atoms with Crippen molar-refractivity contribution in [3.8, 4) is 11.8 Å². The molecule has 0 aliphatic rings. The first-order valence-electron chi connectivity index (χ1n) is 9.24. The fraction of sp³-hybridized carbons (Fsp3) is 0.0870. The highest BCUT2D eigenvalue weighted by molar-refractivity contribution is 6.31. The van der Waals surface area contributed by atoms with E-state index < -0.39 is 5.91 Å². The third-order valence-electron chi connectivity index (χ3n) is 4.05. The molecule has 0 bridgehead atoms. The minimum atomic E-state index is -0.543. The molecule has 0 aliphatic heterocycles. The Morgan fingerprint density at radius 3 is 2.61 bits per heavy atom. The van der Waals surface area contributed by atoms with Crippen LogP contribution in [-0.2, 0) is 16.1 Å². The van der Waals surface area contributed by atoms with Gasteiger partial charge in [0.2, 0.25) is 0 Å². The molecule has 0 aliphatic carbocycles. The van der Waals surface area contributed by atoms with Gasteiger partial charge in [0.15, 0.2) is 6.61 Å². The van der Waals surface area contributed by atoms with Gasteiger partial charge in [-0.3, -0.25) is 9.59 Å². The maximum absolute atomic E-state index is 12.3. The second-order valence-electron chi connectivity index (χ2n) is 6.35. The van der Waals surface area contributed by atoms with Gasteiger partial charge in [0.1, 0.15) is 23.2 Å². The summed E-state index contributed by atoms with van der Waals surface area (Å²) in [5.74, 6) is 0.299. The molecule has 1 aromatic heterocycles. The maximum atomic E-state index is 12.3. The third-order valence-corrected chi connectivity index (χ3v) is 4.28. The number of furan rings is 1. The molecule has 0 spiro atoms. The van der Waals surface area contributed by atoms with Crippen molar-refractivity contribution in [3.05, 3.63) is 88.8 Å². The number of halogens is 1. The van der Waals surface area contributed by atoms with Gasteiger partial charge in [-0.25, -0.2) is 0 Å². The average molecular weight is 436 g/mol. The van der Waals surface area contributed by atoms with E-state index in [1.54, 1.807) is 60.7 Å². The van der Waals surface area contributed by atoms with Crippen LogP contribution in [0.15, 0.2) is 76.9 Å². The van der Waals surface area contributed by atoms with Crippen LogP contribution in [-0.4, -0.2) is 18.4 Å². The highest BCUT2D eigenvalue weighted by Gasteiger charge is 2.10. The number of carbonyl (C=O) groups is 2. The summed E-state index contributed by atoms with van der Waals surface area (Å²) in [6.07, 6.45) is 2.99. The molecule has 0 unspecified atom stereocenters. The molecule has 3 aromatic rings. The quantitative estimate of drug-likeness (QED) is 0.408. The summed E-state index contributed by atoms with van der Waals surface area (Å²) >= 11 is 5.90.